The van der Waals surface area contributed by atoms with E-state index < -0.39 is 18.6 Å². The highest BCUT2D eigenvalue weighted by Gasteiger charge is 2.32. The van der Waals surface area contributed by atoms with Gasteiger partial charge >= 0.3 is 6.61 Å². The van der Waals surface area contributed by atoms with Gasteiger partial charge < -0.3 is 19.7 Å². The van der Waals surface area contributed by atoms with E-state index in [9.17, 15) is 18.4 Å². The maximum atomic E-state index is 12.5. The van der Waals surface area contributed by atoms with Crippen LogP contribution >= 0.6 is 0 Å². The second-order valence-electron chi connectivity index (χ2n) is 5.60. The first-order chi connectivity index (χ1) is 12.4. The zero-order valence-electron chi connectivity index (χ0n) is 13.8. The van der Waals surface area contributed by atoms with Crippen molar-refractivity contribution in [3.8, 4) is 11.5 Å². The van der Waals surface area contributed by atoms with Gasteiger partial charge in [0, 0.05) is 12.6 Å². The highest BCUT2D eigenvalue weighted by atomic mass is 19.3. The number of fused-ring (bicyclic) bond motifs is 1. The number of nitrogens with one attached hydrogen (secondary N) is 1. The van der Waals surface area contributed by atoms with Gasteiger partial charge in [-0.15, -0.1) is 0 Å². The molecule has 2 aromatic rings. The number of para-hydroxylation sites is 2. The smallest absolute Gasteiger partial charge is 0.387 e. The molecule has 6 nitrogen and oxygen atoms in total. The summed E-state index contributed by atoms with van der Waals surface area (Å²) in [5.74, 6) is -0.223. The lowest BCUT2D eigenvalue weighted by Gasteiger charge is -2.33. The second-order valence-corrected chi connectivity index (χ2v) is 5.60. The maximum Gasteiger partial charge on any atom is 0.387 e. The number of nitrogens with zero attached hydrogens (tertiary/aromatic N) is 1. The summed E-state index contributed by atoms with van der Waals surface area (Å²) in [5.41, 5.74) is 1.01. The summed E-state index contributed by atoms with van der Waals surface area (Å²) in [7, 11) is 0. The molecule has 0 saturated carbocycles. The van der Waals surface area contributed by atoms with Crippen molar-refractivity contribution < 1.29 is 27.8 Å². The lowest BCUT2D eigenvalue weighted by molar-refractivity contribution is -0.123. The molecule has 0 aromatic heterocycles. The Morgan fingerprint density at radius 2 is 1.88 bits per heavy atom. The van der Waals surface area contributed by atoms with Crippen molar-refractivity contribution in [2.75, 3.05) is 16.8 Å². The number of hydrogen-bond donors (Lipinski definition) is 1. The fourth-order valence-corrected chi connectivity index (χ4v) is 2.61. The Hall–Kier alpha value is -3.16. The normalized spacial score (nSPS) is 15.8. The number of amides is 2. The van der Waals surface area contributed by atoms with Crippen molar-refractivity contribution in [2.24, 2.45) is 0 Å². The van der Waals surface area contributed by atoms with Gasteiger partial charge in [0.1, 0.15) is 11.5 Å². The predicted octanol–water partition coefficient (Wildman–Crippen LogP) is 3.04. The van der Waals surface area contributed by atoms with Crippen molar-refractivity contribution in [3.63, 3.8) is 0 Å². The Morgan fingerprint density at radius 3 is 2.54 bits per heavy atom. The molecule has 26 heavy (non-hydrogen) atoms. The number of anilines is 2. The van der Waals surface area contributed by atoms with Crippen LogP contribution < -0.4 is 19.7 Å². The van der Waals surface area contributed by atoms with Crippen LogP contribution in [0.3, 0.4) is 0 Å². The van der Waals surface area contributed by atoms with Gasteiger partial charge in [0.05, 0.1) is 12.2 Å². The van der Waals surface area contributed by atoms with Gasteiger partial charge in [-0.1, -0.05) is 12.1 Å². The minimum absolute atomic E-state index is 0.0106. The van der Waals surface area contributed by atoms with E-state index in [1.165, 1.54) is 36.1 Å². The molecule has 0 radical (unpaired) electrons. The molecule has 0 aliphatic carbocycles. The molecule has 1 aliphatic rings. The zero-order valence-corrected chi connectivity index (χ0v) is 13.8. The molecule has 1 N–H and O–H groups in total. The van der Waals surface area contributed by atoms with E-state index in [-0.39, 0.29) is 18.2 Å². The largest absolute Gasteiger partial charge is 0.476 e. The number of carbonyl (C=O) groups excluding carboxylic acids is 2. The van der Waals surface area contributed by atoms with Gasteiger partial charge in [-0.2, -0.15) is 8.78 Å². The van der Waals surface area contributed by atoms with Gasteiger partial charge in [-0.05, 0) is 36.4 Å². The number of benzene rings is 2. The Bertz CT molecular complexity index is 811. The molecule has 0 saturated heterocycles. The van der Waals surface area contributed by atoms with E-state index >= 15 is 0 Å². The van der Waals surface area contributed by atoms with Crippen LogP contribution in [-0.4, -0.2) is 31.1 Å². The van der Waals surface area contributed by atoms with Crippen LogP contribution in [0.1, 0.15) is 6.92 Å². The molecule has 1 aliphatic heterocycles. The predicted molar refractivity (Wildman–Crippen MR) is 90.6 cm³/mol. The van der Waals surface area contributed by atoms with E-state index in [0.717, 1.165) is 0 Å². The number of rotatable bonds is 4. The molecule has 0 bridgehead atoms. The SMILES string of the molecule is CC(=O)N1C[C@H](C(=O)Nc2ccc(OC(F)F)cc2)Oc2ccccc21. The average Bonchev–Trinajstić information content (AvgIpc) is 2.61. The molecule has 0 unspecified atom stereocenters. The molecular weight excluding hydrogens is 346 g/mol. The van der Waals surface area contributed by atoms with Crippen LogP contribution in [0, 0.1) is 0 Å². The number of alkyl halides is 2. The van der Waals surface area contributed by atoms with Crippen molar-refractivity contribution >= 4 is 23.2 Å². The number of ether oxygens (including phenoxy) is 2. The first-order valence-electron chi connectivity index (χ1n) is 7.83. The van der Waals surface area contributed by atoms with Crippen molar-refractivity contribution in [2.45, 2.75) is 19.6 Å². The zero-order chi connectivity index (χ0) is 18.7. The number of halogens is 2. The highest BCUT2D eigenvalue weighted by molar-refractivity contribution is 5.99. The summed E-state index contributed by atoms with van der Waals surface area (Å²) in [6, 6.07) is 12.5. The minimum Gasteiger partial charge on any atom is -0.476 e. The second kappa shape index (κ2) is 7.38. The number of hydrogen-bond acceptors (Lipinski definition) is 4. The Balaban J connectivity index is 1.71. The molecule has 1 heterocycles. The molecule has 2 amide bonds. The molecule has 8 heteroatoms. The first-order valence-corrected chi connectivity index (χ1v) is 7.83. The van der Waals surface area contributed by atoms with Gasteiger partial charge in [0.25, 0.3) is 5.91 Å². The summed E-state index contributed by atoms with van der Waals surface area (Å²) in [4.78, 5) is 25.8. The van der Waals surface area contributed by atoms with Crippen LogP contribution in [0.2, 0.25) is 0 Å². The van der Waals surface area contributed by atoms with Crippen molar-refractivity contribution in [1.82, 2.24) is 0 Å². The topological polar surface area (TPSA) is 67.9 Å². The lowest BCUT2D eigenvalue weighted by Crippen LogP contribution is -2.48. The summed E-state index contributed by atoms with van der Waals surface area (Å²) in [6.07, 6.45) is -0.897. The van der Waals surface area contributed by atoms with Gasteiger partial charge in [-0.3, -0.25) is 9.59 Å². The van der Waals surface area contributed by atoms with E-state index in [4.69, 9.17) is 4.74 Å². The Labute approximate surface area is 148 Å². The third-order valence-corrected chi connectivity index (χ3v) is 3.79. The van der Waals surface area contributed by atoms with Crippen LogP contribution in [0.5, 0.6) is 11.5 Å². The highest BCUT2D eigenvalue weighted by Crippen LogP contribution is 2.33. The molecule has 0 spiro atoms. The van der Waals surface area contributed by atoms with Crippen LogP contribution in [-0.2, 0) is 9.59 Å². The maximum absolute atomic E-state index is 12.5. The third kappa shape index (κ3) is 3.90. The van der Waals surface area contributed by atoms with Gasteiger partial charge in [-0.25, -0.2) is 0 Å². The molecule has 136 valence electrons. The first kappa shape index (κ1) is 17.7. The minimum atomic E-state index is -2.91. The van der Waals surface area contributed by atoms with Crippen LogP contribution in [0.25, 0.3) is 0 Å². The van der Waals surface area contributed by atoms with E-state index in [0.29, 0.717) is 17.1 Å². The summed E-state index contributed by atoms with van der Waals surface area (Å²) in [5, 5.41) is 2.64. The quantitative estimate of drug-likeness (QED) is 0.908. The van der Waals surface area contributed by atoms with E-state index in [1.54, 1.807) is 24.3 Å². The Morgan fingerprint density at radius 1 is 1.19 bits per heavy atom. The van der Waals surface area contributed by atoms with E-state index in [1.807, 2.05) is 0 Å². The van der Waals surface area contributed by atoms with Crippen LogP contribution in [0.4, 0.5) is 20.2 Å². The third-order valence-electron chi connectivity index (χ3n) is 3.79. The van der Waals surface area contributed by atoms with E-state index in [2.05, 4.69) is 10.1 Å². The summed E-state index contributed by atoms with van der Waals surface area (Å²) in [6.45, 7) is -1.42. The fraction of sp³-hybridized carbons (Fsp3) is 0.222. The molecule has 0 fully saturated rings. The monoisotopic (exact) mass is 362 g/mol. The molecular formula is C18H16F2N2O4. The summed E-state index contributed by atoms with van der Waals surface area (Å²) < 4.78 is 34.3. The average molecular weight is 362 g/mol. The lowest BCUT2D eigenvalue weighted by atomic mass is 10.1. The van der Waals surface area contributed by atoms with Gasteiger partial charge in [0.2, 0.25) is 5.91 Å². The standard InChI is InChI=1S/C18H16F2N2O4/c1-11(23)22-10-16(26-15-5-3-2-4-14(15)22)17(24)21-12-6-8-13(9-7-12)25-18(19)20/h2-9,16,18H,10H2,1H3,(H,21,24)/t16-/m1/s1. The molecule has 1 atom stereocenters. The van der Waals surface area contributed by atoms with Crippen molar-refractivity contribution in [3.05, 3.63) is 48.5 Å². The van der Waals surface area contributed by atoms with Gasteiger partial charge in [0.15, 0.2) is 6.10 Å². The van der Waals surface area contributed by atoms with Crippen molar-refractivity contribution in [1.29, 1.82) is 0 Å². The molecule has 2 aromatic carbocycles. The number of carbonyl (C=O) groups is 2. The molecule has 3 rings (SSSR count). The van der Waals surface area contributed by atoms with Crippen LogP contribution in [0.15, 0.2) is 48.5 Å². The fourth-order valence-electron chi connectivity index (χ4n) is 2.61. The summed E-state index contributed by atoms with van der Waals surface area (Å²) >= 11 is 0. The Kier molecular flexibility index (Phi) is 5.01.